The standard InChI is InChI=1S/C19H14BrCl3O3/c1-2-7-25-18(24)6-3-12-8-15(20)19(17(23)9-12)26-11-13-4-5-14(21)10-16(13)22/h2-6,8-10H,1,7,11H2/b6-3+. The van der Waals surface area contributed by atoms with Crippen LogP contribution in [0.3, 0.4) is 0 Å². The zero-order chi connectivity index (χ0) is 19.1. The first-order valence-corrected chi connectivity index (χ1v) is 9.35. The third-order valence-corrected chi connectivity index (χ3v) is 4.62. The maximum Gasteiger partial charge on any atom is 0.331 e. The summed E-state index contributed by atoms with van der Waals surface area (Å²) >= 11 is 21.7. The zero-order valence-corrected chi connectivity index (χ0v) is 17.3. The SMILES string of the molecule is C=CCOC(=O)/C=C/c1cc(Cl)c(OCc2ccc(Cl)cc2Cl)c(Br)c1. The fourth-order valence-corrected chi connectivity index (χ4v) is 3.41. The Labute approximate surface area is 175 Å². The molecule has 2 aromatic carbocycles. The lowest BCUT2D eigenvalue weighted by Crippen LogP contribution is -2.00. The topological polar surface area (TPSA) is 35.5 Å². The minimum absolute atomic E-state index is 0.160. The van der Waals surface area contributed by atoms with E-state index in [4.69, 9.17) is 44.3 Å². The Hall–Kier alpha value is -1.46. The molecule has 0 aliphatic heterocycles. The van der Waals surface area contributed by atoms with Gasteiger partial charge in [-0.2, -0.15) is 0 Å². The molecular weight excluding hydrogens is 462 g/mol. The molecule has 0 saturated carbocycles. The van der Waals surface area contributed by atoms with Gasteiger partial charge in [-0.05, 0) is 51.8 Å². The van der Waals surface area contributed by atoms with Crippen LogP contribution in [-0.4, -0.2) is 12.6 Å². The molecular formula is C19H14BrCl3O3. The molecule has 0 atom stereocenters. The summed E-state index contributed by atoms with van der Waals surface area (Å²) < 4.78 is 11.3. The van der Waals surface area contributed by atoms with E-state index in [2.05, 4.69) is 22.5 Å². The Bertz CT molecular complexity index is 827. The number of halogens is 4. The highest BCUT2D eigenvalue weighted by Gasteiger charge is 2.10. The van der Waals surface area contributed by atoms with Gasteiger partial charge in [-0.3, -0.25) is 0 Å². The highest BCUT2D eigenvalue weighted by molar-refractivity contribution is 9.10. The molecule has 0 aliphatic carbocycles. The molecule has 0 bridgehead atoms. The zero-order valence-electron chi connectivity index (χ0n) is 13.5. The van der Waals surface area contributed by atoms with Crippen molar-refractivity contribution in [3.05, 3.63) is 79.7 Å². The molecule has 0 fully saturated rings. The van der Waals surface area contributed by atoms with Crippen LogP contribution in [0.1, 0.15) is 11.1 Å². The molecule has 0 unspecified atom stereocenters. The normalized spacial score (nSPS) is 10.8. The Morgan fingerprint density at radius 2 is 1.92 bits per heavy atom. The van der Waals surface area contributed by atoms with Gasteiger partial charge in [0.05, 0.1) is 9.50 Å². The molecule has 0 spiro atoms. The number of hydrogen-bond acceptors (Lipinski definition) is 3. The minimum atomic E-state index is -0.463. The van der Waals surface area contributed by atoms with Crippen molar-refractivity contribution >= 4 is 62.8 Å². The van der Waals surface area contributed by atoms with E-state index in [1.165, 1.54) is 12.2 Å². The molecule has 0 amide bonds. The molecule has 0 N–H and O–H groups in total. The second-order valence-corrected chi connectivity index (χ2v) is 7.20. The summed E-state index contributed by atoms with van der Waals surface area (Å²) in [5.41, 5.74) is 1.50. The van der Waals surface area contributed by atoms with Crippen molar-refractivity contribution in [2.75, 3.05) is 6.61 Å². The average Bonchev–Trinajstić information content (AvgIpc) is 2.59. The highest BCUT2D eigenvalue weighted by Crippen LogP contribution is 2.36. The average molecular weight is 477 g/mol. The van der Waals surface area contributed by atoms with E-state index in [9.17, 15) is 4.79 Å². The molecule has 0 aromatic heterocycles. The second-order valence-electron chi connectivity index (χ2n) is 5.09. The first-order valence-electron chi connectivity index (χ1n) is 7.42. The van der Waals surface area contributed by atoms with Crippen LogP contribution in [0.5, 0.6) is 5.75 Å². The molecule has 2 aromatic rings. The summed E-state index contributed by atoms with van der Waals surface area (Å²) in [6, 6.07) is 8.64. The summed E-state index contributed by atoms with van der Waals surface area (Å²) in [5, 5.41) is 1.46. The predicted octanol–water partition coefficient (Wildman–Crippen LogP) is 6.73. The maximum atomic E-state index is 11.5. The van der Waals surface area contributed by atoms with Crippen molar-refractivity contribution in [3.63, 3.8) is 0 Å². The van der Waals surface area contributed by atoms with Gasteiger partial charge in [-0.25, -0.2) is 4.79 Å². The van der Waals surface area contributed by atoms with E-state index >= 15 is 0 Å². The van der Waals surface area contributed by atoms with Crippen LogP contribution >= 0.6 is 50.7 Å². The van der Waals surface area contributed by atoms with Gasteiger partial charge >= 0.3 is 5.97 Å². The number of rotatable bonds is 7. The lowest BCUT2D eigenvalue weighted by Gasteiger charge is -2.12. The van der Waals surface area contributed by atoms with Gasteiger partial charge in [0, 0.05) is 21.7 Å². The molecule has 0 heterocycles. The van der Waals surface area contributed by atoms with Crippen molar-refractivity contribution in [1.82, 2.24) is 0 Å². The van der Waals surface area contributed by atoms with Crippen LogP contribution in [0, 0.1) is 0 Å². The predicted molar refractivity (Wildman–Crippen MR) is 110 cm³/mol. The number of carbonyl (C=O) groups is 1. The molecule has 136 valence electrons. The van der Waals surface area contributed by atoms with E-state index in [-0.39, 0.29) is 13.2 Å². The highest BCUT2D eigenvalue weighted by atomic mass is 79.9. The Morgan fingerprint density at radius 3 is 2.58 bits per heavy atom. The number of benzene rings is 2. The monoisotopic (exact) mass is 474 g/mol. The summed E-state index contributed by atoms with van der Waals surface area (Å²) in [6.45, 7) is 3.87. The van der Waals surface area contributed by atoms with Gasteiger partial charge < -0.3 is 9.47 Å². The fourth-order valence-electron chi connectivity index (χ4n) is 1.96. The van der Waals surface area contributed by atoms with Crippen molar-refractivity contribution in [3.8, 4) is 5.75 Å². The summed E-state index contributed by atoms with van der Waals surface area (Å²) in [7, 11) is 0. The Kier molecular flexibility index (Phi) is 8.04. The van der Waals surface area contributed by atoms with E-state index in [0.29, 0.717) is 30.9 Å². The molecule has 3 nitrogen and oxygen atoms in total. The van der Waals surface area contributed by atoms with E-state index < -0.39 is 5.97 Å². The third kappa shape index (κ3) is 6.06. The van der Waals surface area contributed by atoms with Crippen molar-refractivity contribution in [2.24, 2.45) is 0 Å². The number of esters is 1. The van der Waals surface area contributed by atoms with Gasteiger partial charge in [0.25, 0.3) is 0 Å². The van der Waals surface area contributed by atoms with Crippen LogP contribution in [0.2, 0.25) is 15.1 Å². The maximum absolute atomic E-state index is 11.5. The molecule has 7 heteroatoms. The van der Waals surface area contributed by atoms with Crippen LogP contribution in [-0.2, 0) is 16.1 Å². The van der Waals surface area contributed by atoms with E-state index in [1.54, 1.807) is 36.4 Å². The van der Waals surface area contributed by atoms with Crippen LogP contribution in [0.15, 0.2) is 53.5 Å². The molecule has 0 radical (unpaired) electrons. The van der Waals surface area contributed by atoms with Crippen molar-refractivity contribution < 1.29 is 14.3 Å². The number of ether oxygens (including phenoxy) is 2. The van der Waals surface area contributed by atoms with Gasteiger partial charge in [-0.15, -0.1) is 0 Å². The van der Waals surface area contributed by atoms with Gasteiger partial charge in [0.2, 0.25) is 0 Å². The van der Waals surface area contributed by atoms with Crippen molar-refractivity contribution in [1.29, 1.82) is 0 Å². The van der Waals surface area contributed by atoms with Crippen LogP contribution < -0.4 is 4.74 Å². The van der Waals surface area contributed by atoms with Gasteiger partial charge in [0.15, 0.2) is 5.75 Å². The smallest absolute Gasteiger partial charge is 0.331 e. The Balaban J connectivity index is 2.10. The molecule has 26 heavy (non-hydrogen) atoms. The minimum Gasteiger partial charge on any atom is -0.486 e. The lowest BCUT2D eigenvalue weighted by molar-refractivity contribution is -0.136. The summed E-state index contributed by atoms with van der Waals surface area (Å²) in [5.74, 6) is 0.0129. The first kappa shape index (κ1) is 20.8. The van der Waals surface area contributed by atoms with Crippen molar-refractivity contribution in [2.45, 2.75) is 6.61 Å². The summed E-state index contributed by atoms with van der Waals surface area (Å²) in [4.78, 5) is 11.5. The van der Waals surface area contributed by atoms with E-state index in [1.807, 2.05) is 0 Å². The third-order valence-electron chi connectivity index (χ3n) is 3.16. The lowest BCUT2D eigenvalue weighted by atomic mass is 10.2. The molecule has 2 rings (SSSR count). The Morgan fingerprint density at radius 1 is 1.15 bits per heavy atom. The second kappa shape index (κ2) is 10.0. The summed E-state index contributed by atoms with van der Waals surface area (Å²) in [6.07, 6.45) is 4.41. The van der Waals surface area contributed by atoms with E-state index in [0.717, 1.165) is 5.56 Å². The molecule has 0 aliphatic rings. The number of carbonyl (C=O) groups excluding carboxylic acids is 1. The van der Waals surface area contributed by atoms with Gasteiger partial charge in [0.1, 0.15) is 13.2 Å². The quantitative estimate of drug-likeness (QED) is 0.252. The van der Waals surface area contributed by atoms with Gasteiger partial charge in [-0.1, -0.05) is 53.5 Å². The number of hydrogen-bond donors (Lipinski definition) is 0. The van der Waals surface area contributed by atoms with Crippen LogP contribution in [0.25, 0.3) is 6.08 Å². The molecule has 0 saturated heterocycles. The largest absolute Gasteiger partial charge is 0.486 e. The first-order chi connectivity index (χ1) is 12.4. The fraction of sp³-hybridized carbons (Fsp3) is 0.105. The van der Waals surface area contributed by atoms with Crippen LogP contribution in [0.4, 0.5) is 0 Å².